The van der Waals surface area contributed by atoms with Gasteiger partial charge in [0.1, 0.15) is 5.82 Å². The molecule has 0 aliphatic heterocycles. The van der Waals surface area contributed by atoms with Gasteiger partial charge in [-0.05, 0) is 18.2 Å². The molecule has 0 atom stereocenters. The normalized spacial score (nSPS) is 10.5. The summed E-state index contributed by atoms with van der Waals surface area (Å²) in [5, 5.41) is 9.02. The molecule has 1 aromatic heterocycles. The largest absolute Gasteiger partial charge is 0.481 e. The number of rotatable bonds is 4. The molecule has 0 unspecified atom stereocenters. The third kappa shape index (κ3) is 3.58. The van der Waals surface area contributed by atoms with E-state index in [-0.39, 0.29) is 15.9 Å². The summed E-state index contributed by atoms with van der Waals surface area (Å²) in [6.07, 6.45) is 1.39. The summed E-state index contributed by atoms with van der Waals surface area (Å²) >= 11 is 6.64. The fourth-order valence-corrected chi connectivity index (χ4v) is 2.42. The number of carbonyl (C=O) groups is 1. The van der Waals surface area contributed by atoms with Gasteiger partial charge in [0.15, 0.2) is 5.16 Å². The van der Waals surface area contributed by atoms with E-state index in [1.807, 2.05) is 0 Å². The molecule has 0 aliphatic carbocycles. The molecule has 0 radical (unpaired) electrons. The van der Waals surface area contributed by atoms with Crippen molar-refractivity contribution in [2.24, 2.45) is 0 Å². The predicted molar refractivity (Wildman–Crippen MR) is 73.2 cm³/mol. The van der Waals surface area contributed by atoms with Crippen molar-refractivity contribution < 1.29 is 14.3 Å². The monoisotopic (exact) mass is 314 g/mol. The number of hydrogen-bond acceptors (Lipinski definition) is 4. The molecule has 1 aromatic carbocycles. The van der Waals surface area contributed by atoms with E-state index in [0.29, 0.717) is 5.69 Å². The quantitative estimate of drug-likeness (QED) is 0.692. The molecule has 0 fully saturated rings. The first-order valence-electron chi connectivity index (χ1n) is 5.36. The number of thioether (sulfide) groups is 1. The Labute approximate surface area is 122 Å². The third-order valence-corrected chi connectivity index (χ3v) is 3.38. The molecular formula is C12H8ClFN2O3S. The van der Waals surface area contributed by atoms with Gasteiger partial charge >= 0.3 is 5.97 Å². The average Bonchev–Trinajstić information content (AvgIpc) is 2.35. The van der Waals surface area contributed by atoms with E-state index in [1.165, 1.54) is 29.0 Å². The van der Waals surface area contributed by atoms with Crippen LogP contribution in [-0.2, 0) is 4.79 Å². The first-order chi connectivity index (χ1) is 9.45. The number of hydrogen-bond donors (Lipinski definition) is 1. The summed E-state index contributed by atoms with van der Waals surface area (Å²) in [6, 6.07) is 5.04. The summed E-state index contributed by atoms with van der Waals surface area (Å²) in [7, 11) is 0. The minimum atomic E-state index is -1.04. The molecule has 2 aromatic rings. The van der Waals surface area contributed by atoms with Crippen LogP contribution >= 0.6 is 23.4 Å². The Hall–Kier alpha value is -1.86. The van der Waals surface area contributed by atoms with E-state index in [9.17, 15) is 14.0 Å². The van der Waals surface area contributed by atoms with Gasteiger partial charge in [0.2, 0.25) is 0 Å². The highest BCUT2D eigenvalue weighted by Crippen LogP contribution is 2.22. The molecule has 1 N–H and O–H groups in total. The van der Waals surface area contributed by atoms with E-state index in [2.05, 4.69) is 4.98 Å². The summed E-state index contributed by atoms with van der Waals surface area (Å²) < 4.78 is 14.8. The number of carboxylic acid groups (broad SMARTS) is 1. The number of halogens is 2. The van der Waals surface area contributed by atoms with Crippen molar-refractivity contribution in [1.82, 2.24) is 9.55 Å². The summed E-state index contributed by atoms with van der Waals surface area (Å²) in [4.78, 5) is 25.6. The molecule has 20 heavy (non-hydrogen) atoms. The smallest absolute Gasteiger partial charge is 0.313 e. The number of carboxylic acids is 1. The highest BCUT2D eigenvalue weighted by molar-refractivity contribution is 7.99. The van der Waals surface area contributed by atoms with E-state index in [4.69, 9.17) is 16.7 Å². The van der Waals surface area contributed by atoms with Crippen LogP contribution in [0.2, 0.25) is 5.02 Å². The average molecular weight is 315 g/mol. The number of nitrogens with zero attached hydrogens (tertiary/aromatic N) is 2. The van der Waals surface area contributed by atoms with Gasteiger partial charge in [-0.2, -0.15) is 4.98 Å². The van der Waals surface area contributed by atoms with Gasteiger partial charge in [0.25, 0.3) is 5.56 Å². The molecular weight excluding hydrogens is 307 g/mol. The number of benzene rings is 1. The van der Waals surface area contributed by atoms with Crippen molar-refractivity contribution >= 4 is 29.3 Å². The second-order valence-electron chi connectivity index (χ2n) is 3.73. The molecule has 1 heterocycles. The van der Waals surface area contributed by atoms with Crippen molar-refractivity contribution in [3.8, 4) is 5.69 Å². The van der Waals surface area contributed by atoms with Crippen LogP contribution in [0.5, 0.6) is 0 Å². The lowest BCUT2D eigenvalue weighted by Gasteiger charge is -2.11. The van der Waals surface area contributed by atoms with E-state index >= 15 is 0 Å². The molecule has 8 heteroatoms. The van der Waals surface area contributed by atoms with Crippen LogP contribution in [0, 0.1) is 5.82 Å². The van der Waals surface area contributed by atoms with Gasteiger partial charge < -0.3 is 5.11 Å². The van der Waals surface area contributed by atoms with Gasteiger partial charge in [-0.25, -0.2) is 4.39 Å². The molecule has 0 spiro atoms. The number of aliphatic carboxylic acids is 1. The lowest BCUT2D eigenvalue weighted by Crippen LogP contribution is -2.13. The zero-order chi connectivity index (χ0) is 14.7. The fourth-order valence-electron chi connectivity index (χ4n) is 1.49. The van der Waals surface area contributed by atoms with Gasteiger partial charge in [-0.15, -0.1) is 0 Å². The standard InChI is InChI=1S/C12H8ClFN2O3S/c13-7-3-8(14)5-9(4-7)16-2-1-10(17)15-12(16)20-6-11(18)19/h1-5H,6H2,(H,18,19). The molecule has 0 saturated heterocycles. The Kier molecular flexibility index (Phi) is 4.41. The van der Waals surface area contributed by atoms with Crippen LogP contribution < -0.4 is 5.56 Å². The highest BCUT2D eigenvalue weighted by atomic mass is 35.5. The van der Waals surface area contributed by atoms with Crippen molar-refractivity contribution in [2.75, 3.05) is 5.75 Å². The minimum absolute atomic E-state index is 0.154. The Morgan fingerprint density at radius 3 is 2.85 bits per heavy atom. The lowest BCUT2D eigenvalue weighted by atomic mass is 10.3. The van der Waals surface area contributed by atoms with Crippen molar-refractivity contribution in [3.63, 3.8) is 0 Å². The molecule has 104 valence electrons. The van der Waals surface area contributed by atoms with Crippen LogP contribution in [0.4, 0.5) is 4.39 Å². The second kappa shape index (κ2) is 6.06. The van der Waals surface area contributed by atoms with E-state index < -0.39 is 17.3 Å². The topological polar surface area (TPSA) is 72.2 Å². The van der Waals surface area contributed by atoms with Crippen LogP contribution in [0.15, 0.2) is 40.4 Å². The maximum Gasteiger partial charge on any atom is 0.313 e. The van der Waals surface area contributed by atoms with Crippen LogP contribution in [-0.4, -0.2) is 26.4 Å². The Morgan fingerprint density at radius 2 is 2.20 bits per heavy atom. The maximum absolute atomic E-state index is 13.4. The van der Waals surface area contributed by atoms with Crippen LogP contribution in [0.3, 0.4) is 0 Å². The molecule has 0 bridgehead atoms. The first-order valence-corrected chi connectivity index (χ1v) is 6.73. The summed E-state index contributed by atoms with van der Waals surface area (Å²) in [5.74, 6) is -1.85. The molecule has 0 aliphatic rings. The first kappa shape index (κ1) is 14.5. The van der Waals surface area contributed by atoms with Gasteiger partial charge in [0.05, 0.1) is 11.4 Å². The zero-order valence-electron chi connectivity index (χ0n) is 9.92. The SMILES string of the molecule is O=C(O)CSc1nc(=O)ccn1-c1cc(F)cc(Cl)c1. The van der Waals surface area contributed by atoms with Crippen molar-refractivity contribution in [1.29, 1.82) is 0 Å². The van der Waals surface area contributed by atoms with E-state index in [0.717, 1.165) is 17.8 Å². The minimum Gasteiger partial charge on any atom is -0.481 e. The van der Waals surface area contributed by atoms with Crippen molar-refractivity contribution in [2.45, 2.75) is 5.16 Å². The Morgan fingerprint density at radius 1 is 1.45 bits per heavy atom. The van der Waals surface area contributed by atoms with E-state index in [1.54, 1.807) is 0 Å². The molecule has 0 amide bonds. The second-order valence-corrected chi connectivity index (χ2v) is 5.11. The molecule has 0 saturated carbocycles. The molecule has 2 rings (SSSR count). The number of aromatic nitrogens is 2. The van der Waals surface area contributed by atoms with Gasteiger partial charge in [-0.1, -0.05) is 23.4 Å². The van der Waals surface area contributed by atoms with Crippen LogP contribution in [0.25, 0.3) is 5.69 Å². The van der Waals surface area contributed by atoms with Gasteiger partial charge in [0, 0.05) is 17.3 Å². The van der Waals surface area contributed by atoms with Gasteiger partial charge in [-0.3, -0.25) is 14.2 Å². The molecule has 5 nitrogen and oxygen atoms in total. The third-order valence-electron chi connectivity index (χ3n) is 2.23. The lowest BCUT2D eigenvalue weighted by molar-refractivity contribution is -0.133. The van der Waals surface area contributed by atoms with Crippen LogP contribution in [0.1, 0.15) is 0 Å². The van der Waals surface area contributed by atoms with Crippen molar-refractivity contribution in [3.05, 3.63) is 51.7 Å². The maximum atomic E-state index is 13.4. The zero-order valence-corrected chi connectivity index (χ0v) is 11.5. The highest BCUT2D eigenvalue weighted by Gasteiger charge is 2.10. The Balaban J connectivity index is 2.49. The fraction of sp³-hybridized carbons (Fsp3) is 0.0833. The Bertz CT molecular complexity index is 700. The predicted octanol–water partition coefficient (Wildman–Crippen LogP) is 2.20. The summed E-state index contributed by atoms with van der Waals surface area (Å²) in [6.45, 7) is 0. The summed E-state index contributed by atoms with van der Waals surface area (Å²) in [5.41, 5.74) is -0.146.